The lowest BCUT2D eigenvalue weighted by atomic mass is 10.1. The number of rotatable bonds is 10. The van der Waals surface area contributed by atoms with Crippen molar-refractivity contribution in [2.75, 3.05) is 31.1 Å². The second kappa shape index (κ2) is 14.5. The van der Waals surface area contributed by atoms with Crippen LogP contribution in [0.4, 0.5) is 5.69 Å². The Balaban J connectivity index is 1.33. The van der Waals surface area contributed by atoms with Crippen molar-refractivity contribution in [2.45, 2.75) is 58.8 Å². The number of hydrogen-bond donors (Lipinski definition) is 1. The molecule has 1 aliphatic rings. The van der Waals surface area contributed by atoms with Crippen LogP contribution in [0.2, 0.25) is 0 Å². The quantitative estimate of drug-likeness (QED) is 0.227. The summed E-state index contributed by atoms with van der Waals surface area (Å²) < 4.78 is 11.7. The zero-order chi connectivity index (χ0) is 32.7. The van der Waals surface area contributed by atoms with Crippen LogP contribution in [0.25, 0.3) is 10.9 Å². The number of esters is 1. The normalized spacial score (nSPS) is 14.1. The lowest BCUT2D eigenvalue weighted by Gasteiger charge is -2.37. The number of nitrogens with one attached hydrogen (secondary N) is 1. The van der Waals surface area contributed by atoms with Crippen LogP contribution in [0.1, 0.15) is 55.2 Å². The Labute approximate surface area is 270 Å². The van der Waals surface area contributed by atoms with E-state index in [2.05, 4.69) is 40.3 Å². The summed E-state index contributed by atoms with van der Waals surface area (Å²) in [4.78, 5) is 48.9. The molecule has 5 rings (SSSR count). The summed E-state index contributed by atoms with van der Waals surface area (Å²) in [5, 5.41) is 3.67. The Hall–Kier alpha value is -4.92. The number of hydrogen-bond acceptors (Lipinski definition) is 7. The predicted molar refractivity (Wildman–Crippen MR) is 179 cm³/mol. The molecule has 2 heterocycles. The Morgan fingerprint density at radius 3 is 2.33 bits per heavy atom. The average Bonchev–Trinajstić information content (AvgIpc) is 3.04. The van der Waals surface area contributed by atoms with Gasteiger partial charge >= 0.3 is 5.97 Å². The summed E-state index contributed by atoms with van der Waals surface area (Å²) >= 11 is 0. The van der Waals surface area contributed by atoms with Gasteiger partial charge in [-0.15, -0.1) is 0 Å². The van der Waals surface area contributed by atoms with Gasteiger partial charge in [-0.2, -0.15) is 0 Å². The van der Waals surface area contributed by atoms with Crippen LogP contribution < -0.4 is 15.0 Å². The minimum Gasteiger partial charge on any atom is -0.488 e. The van der Waals surface area contributed by atoms with Crippen molar-refractivity contribution in [2.24, 2.45) is 0 Å². The maximum Gasteiger partial charge on any atom is 0.306 e. The van der Waals surface area contributed by atoms with Crippen molar-refractivity contribution in [1.29, 1.82) is 0 Å². The number of para-hydroxylation sites is 1. The zero-order valence-corrected chi connectivity index (χ0v) is 27.0. The number of pyridine rings is 1. The number of aromatic nitrogens is 1. The van der Waals surface area contributed by atoms with Gasteiger partial charge in [0.2, 0.25) is 5.91 Å². The number of benzene rings is 3. The Morgan fingerprint density at radius 1 is 0.891 bits per heavy atom. The molecule has 3 aromatic carbocycles. The van der Waals surface area contributed by atoms with Crippen molar-refractivity contribution >= 4 is 34.4 Å². The van der Waals surface area contributed by atoms with Gasteiger partial charge in [0.25, 0.3) is 5.91 Å². The van der Waals surface area contributed by atoms with Gasteiger partial charge in [0.1, 0.15) is 29.7 Å². The standard InChI is InChI=1S/C37H42N4O5/c1-26-11-10-14-28(23-26)40-19-21-41(22-20-40)36(44)31(17-18-34(42)46-37(2,3)4)39-35(43)32-24-33(29-15-8-9-16-30(29)38-32)45-25-27-12-6-5-7-13-27/h5-16,23-24,31H,17-22,25H2,1-4H3,(H,39,43)/t31-/m0/s1. The van der Waals surface area contributed by atoms with Crippen molar-refractivity contribution in [1.82, 2.24) is 15.2 Å². The first-order valence-electron chi connectivity index (χ1n) is 15.8. The molecule has 0 bridgehead atoms. The maximum atomic E-state index is 13.9. The number of carbonyl (C=O) groups excluding carboxylic acids is 3. The molecule has 0 spiro atoms. The molecule has 9 nitrogen and oxygen atoms in total. The van der Waals surface area contributed by atoms with E-state index < -0.39 is 23.5 Å². The molecule has 1 aliphatic heterocycles. The van der Waals surface area contributed by atoms with Gasteiger partial charge in [-0.25, -0.2) is 4.98 Å². The molecule has 4 aromatic rings. The fourth-order valence-electron chi connectivity index (χ4n) is 5.49. The van der Waals surface area contributed by atoms with Gasteiger partial charge in [0.15, 0.2) is 0 Å². The van der Waals surface area contributed by atoms with E-state index in [0.717, 1.165) is 16.6 Å². The van der Waals surface area contributed by atoms with Gasteiger partial charge in [-0.1, -0.05) is 54.6 Å². The number of carbonyl (C=O) groups is 3. The third kappa shape index (κ3) is 8.62. The highest BCUT2D eigenvalue weighted by atomic mass is 16.6. The molecule has 9 heteroatoms. The topological polar surface area (TPSA) is 101 Å². The number of fused-ring (bicyclic) bond motifs is 1. The van der Waals surface area contributed by atoms with Gasteiger partial charge < -0.3 is 24.6 Å². The summed E-state index contributed by atoms with van der Waals surface area (Å²) in [6.45, 7) is 10.1. The van der Waals surface area contributed by atoms with Crippen LogP contribution in [0.3, 0.4) is 0 Å². The van der Waals surface area contributed by atoms with Crippen LogP contribution in [0.5, 0.6) is 5.75 Å². The molecular weight excluding hydrogens is 580 g/mol. The predicted octanol–water partition coefficient (Wildman–Crippen LogP) is 5.69. The summed E-state index contributed by atoms with van der Waals surface area (Å²) in [5.74, 6) is -0.661. The Morgan fingerprint density at radius 2 is 1.61 bits per heavy atom. The second-order valence-corrected chi connectivity index (χ2v) is 12.6. The van der Waals surface area contributed by atoms with E-state index in [9.17, 15) is 14.4 Å². The molecule has 0 saturated carbocycles. The van der Waals surface area contributed by atoms with Gasteiger partial charge in [-0.05, 0) is 69.5 Å². The summed E-state index contributed by atoms with van der Waals surface area (Å²) in [6.07, 6.45) is 0.0797. The minimum absolute atomic E-state index is 0.0200. The van der Waals surface area contributed by atoms with Gasteiger partial charge in [-0.3, -0.25) is 14.4 Å². The Kier molecular flexibility index (Phi) is 10.2. The molecule has 0 unspecified atom stereocenters. The van der Waals surface area contributed by atoms with Crippen LogP contribution >= 0.6 is 0 Å². The molecule has 240 valence electrons. The van der Waals surface area contributed by atoms with Gasteiger partial charge in [0, 0.05) is 49.7 Å². The third-order valence-corrected chi connectivity index (χ3v) is 7.77. The van der Waals surface area contributed by atoms with E-state index in [-0.39, 0.29) is 24.4 Å². The van der Waals surface area contributed by atoms with E-state index in [1.807, 2.05) is 60.7 Å². The molecule has 46 heavy (non-hydrogen) atoms. The van der Waals surface area contributed by atoms with E-state index in [4.69, 9.17) is 9.47 Å². The van der Waals surface area contributed by atoms with Crippen molar-refractivity contribution in [3.8, 4) is 5.75 Å². The molecule has 1 saturated heterocycles. The number of aryl methyl sites for hydroxylation is 1. The highest BCUT2D eigenvalue weighted by Crippen LogP contribution is 2.27. The number of piperazine rings is 1. The molecule has 0 aliphatic carbocycles. The molecule has 1 atom stereocenters. The number of ether oxygens (including phenoxy) is 2. The third-order valence-electron chi connectivity index (χ3n) is 7.77. The second-order valence-electron chi connectivity index (χ2n) is 12.6. The monoisotopic (exact) mass is 622 g/mol. The highest BCUT2D eigenvalue weighted by molar-refractivity contribution is 5.99. The lowest BCUT2D eigenvalue weighted by Crippen LogP contribution is -2.55. The molecule has 1 aromatic heterocycles. The van der Waals surface area contributed by atoms with E-state index in [0.29, 0.717) is 44.1 Å². The summed E-state index contributed by atoms with van der Waals surface area (Å²) in [7, 11) is 0. The molecule has 1 fully saturated rings. The molecule has 2 amide bonds. The Bertz CT molecular complexity index is 1680. The van der Waals surface area contributed by atoms with Crippen LogP contribution in [0.15, 0.2) is 84.9 Å². The number of amides is 2. The maximum absolute atomic E-state index is 13.9. The van der Waals surface area contributed by atoms with Crippen molar-refractivity contribution in [3.05, 3.63) is 102 Å². The largest absolute Gasteiger partial charge is 0.488 e. The fourth-order valence-corrected chi connectivity index (χ4v) is 5.49. The molecule has 1 N–H and O–H groups in total. The lowest BCUT2D eigenvalue weighted by molar-refractivity contribution is -0.155. The fraction of sp³-hybridized carbons (Fsp3) is 0.351. The van der Waals surface area contributed by atoms with E-state index in [1.54, 1.807) is 31.7 Å². The van der Waals surface area contributed by atoms with Crippen molar-refractivity contribution < 1.29 is 23.9 Å². The van der Waals surface area contributed by atoms with Gasteiger partial charge in [0.05, 0.1) is 5.52 Å². The first kappa shape index (κ1) is 32.5. The van der Waals surface area contributed by atoms with Crippen molar-refractivity contribution in [3.63, 3.8) is 0 Å². The molecule has 0 radical (unpaired) electrons. The first-order valence-corrected chi connectivity index (χ1v) is 15.8. The average molecular weight is 623 g/mol. The first-order chi connectivity index (χ1) is 22.1. The SMILES string of the molecule is Cc1cccc(N2CCN(C(=O)[C@H](CCC(=O)OC(C)(C)C)NC(=O)c3cc(OCc4ccccc4)c4ccccc4n3)CC2)c1. The molecular formula is C37H42N4O5. The zero-order valence-electron chi connectivity index (χ0n) is 27.0. The van der Waals surface area contributed by atoms with Crippen LogP contribution in [-0.2, 0) is 20.9 Å². The van der Waals surface area contributed by atoms with Crippen LogP contribution in [-0.4, -0.2) is 65.5 Å². The number of anilines is 1. The highest BCUT2D eigenvalue weighted by Gasteiger charge is 2.31. The van der Waals surface area contributed by atoms with E-state index >= 15 is 0 Å². The summed E-state index contributed by atoms with van der Waals surface area (Å²) in [5.41, 5.74) is 3.36. The number of nitrogens with zero attached hydrogens (tertiary/aromatic N) is 3. The summed E-state index contributed by atoms with van der Waals surface area (Å²) in [6, 6.07) is 26.2. The van der Waals surface area contributed by atoms with Crippen LogP contribution in [0, 0.1) is 6.92 Å². The van der Waals surface area contributed by atoms with E-state index in [1.165, 1.54) is 5.56 Å². The minimum atomic E-state index is -0.938. The smallest absolute Gasteiger partial charge is 0.306 e.